The van der Waals surface area contributed by atoms with E-state index in [2.05, 4.69) is 33.9 Å². The van der Waals surface area contributed by atoms with Crippen molar-refractivity contribution < 1.29 is 9.53 Å². The summed E-state index contributed by atoms with van der Waals surface area (Å²) >= 11 is 0. The van der Waals surface area contributed by atoms with Crippen molar-refractivity contribution in [2.75, 3.05) is 6.61 Å². The van der Waals surface area contributed by atoms with Gasteiger partial charge in [0.25, 0.3) is 0 Å². The van der Waals surface area contributed by atoms with Gasteiger partial charge in [-0.15, -0.1) is 0 Å². The second-order valence-corrected chi connectivity index (χ2v) is 13.0. The Morgan fingerprint density at radius 2 is 1.32 bits per heavy atom. The summed E-state index contributed by atoms with van der Waals surface area (Å²) in [5.74, 6) is 0. The Morgan fingerprint density at radius 3 is 1.68 bits per heavy atom. The molecular formula is C21H31NO2Si. The lowest BCUT2D eigenvalue weighted by Gasteiger charge is -2.40. The molecule has 0 unspecified atom stereocenters. The summed E-state index contributed by atoms with van der Waals surface area (Å²) < 4.78 is 6.30. The number of rotatable bonds is 6. The third-order valence-electron chi connectivity index (χ3n) is 5.39. The van der Waals surface area contributed by atoms with Crippen LogP contribution in [0.1, 0.15) is 31.9 Å². The molecule has 2 rings (SSSR count). The maximum absolute atomic E-state index is 11.6. The molecule has 0 fully saturated rings. The van der Waals surface area contributed by atoms with Crippen LogP contribution in [0, 0.1) is 0 Å². The van der Waals surface area contributed by atoms with E-state index in [4.69, 9.17) is 10.2 Å². The van der Waals surface area contributed by atoms with Crippen molar-refractivity contribution >= 4 is 8.32 Å². The first kappa shape index (κ1) is 19.9. The Kier molecular flexibility index (Phi) is 5.89. The van der Waals surface area contributed by atoms with Crippen LogP contribution in [-0.4, -0.2) is 26.1 Å². The van der Waals surface area contributed by atoms with E-state index in [1.165, 1.54) is 0 Å². The molecular weight excluding hydrogens is 326 g/mol. The molecule has 0 saturated carbocycles. The van der Waals surface area contributed by atoms with Gasteiger partial charge in [-0.25, -0.2) is 0 Å². The molecule has 0 heterocycles. The summed E-state index contributed by atoms with van der Waals surface area (Å²) in [7, 11) is -1.94. The number of hydrogen-bond donors (Lipinski definition) is 2. The Balaban J connectivity index is 2.34. The van der Waals surface area contributed by atoms with Crippen LogP contribution in [-0.2, 0) is 10.0 Å². The molecule has 0 aliphatic carbocycles. The van der Waals surface area contributed by atoms with E-state index in [0.29, 0.717) is 6.61 Å². The second-order valence-electron chi connectivity index (χ2n) is 8.18. The molecule has 1 atom stereocenters. The molecule has 4 heteroatoms. The average Bonchev–Trinajstić information content (AvgIpc) is 2.59. The molecule has 0 aromatic heterocycles. The van der Waals surface area contributed by atoms with E-state index in [1.54, 1.807) is 0 Å². The van der Waals surface area contributed by atoms with Gasteiger partial charge in [0.15, 0.2) is 8.32 Å². The minimum absolute atomic E-state index is 0.102. The maximum atomic E-state index is 11.6. The Morgan fingerprint density at radius 1 is 0.920 bits per heavy atom. The van der Waals surface area contributed by atoms with E-state index >= 15 is 0 Å². The van der Waals surface area contributed by atoms with Crippen LogP contribution in [0.2, 0.25) is 18.1 Å². The zero-order chi connectivity index (χ0) is 18.7. The van der Waals surface area contributed by atoms with E-state index in [-0.39, 0.29) is 5.04 Å². The number of hydrogen-bond acceptors (Lipinski definition) is 3. The molecule has 136 valence electrons. The van der Waals surface area contributed by atoms with Crippen molar-refractivity contribution in [3.8, 4) is 0 Å². The maximum Gasteiger partial charge on any atom is 0.192 e. The van der Waals surface area contributed by atoms with Crippen LogP contribution in [0.4, 0.5) is 0 Å². The van der Waals surface area contributed by atoms with Gasteiger partial charge >= 0.3 is 0 Å². The Bertz CT molecular complexity index is 626. The van der Waals surface area contributed by atoms with Crippen molar-refractivity contribution in [3.05, 3.63) is 71.8 Å². The average molecular weight is 358 g/mol. The minimum atomic E-state index is -1.94. The van der Waals surface area contributed by atoms with Crippen molar-refractivity contribution in [2.24, 2.45) is 5.73 Å². The van der Waals surface area contributed by atoms with Gasteiger partial charge in [0.05, 0.1) is 12.6 Å². The zero-order valence-electron chi connectivity index (χ0n) is 16.0. The minimum Gasteiger partial charge on any atom is -0.415 e. The van der Waals surface area contributed by atoms with Crippen LogP contribution >= 0.6 is 0 Å². The van der Waals surface area contributed by atoms with Crippen molar-refractivity contribution in [1.29, 1.82) is 0 Å². The summed E-state index contributed by atoms with van der Waals surface area (Å²) in [6.07, 6.45) is 0. The first-order valence-corrected chi connectivity index (χ1v) is 11.7. The Labute approximate surface area is 153 Å². The fraction of sp³-hybridized carbons (Fsp3) is 0.429. The van der Waals surface area contributed by atoms with Gasteiger partial charge < -0.3 is 15.3 Å². The van der Waals surface area contributed by atoms with Gasteiger partial charge in [0.1, 0.15) is 5.60 Å². The topological polar surface area (TPSA) is 55.5 Å². The van der Waals surface area contributed by atoms with Gasteiger partial charge in [-0.05, 0) is 29.3 Å². The van der Waals surface area contributed by atoms with E-state index in [1.807, 2.05) is 60.7 Å². The largest absolute Gasteiger partial charge is 0.415 e. The molecule has 25 heavy (non-hydrogen) atoms. The quantitative estimate of drug-likeness (QED) is 0.759. The smallest absolute Gasteiger partial charge is 0.192 e. The normalized spacial score (nSPS) is 14.4. The van der Waals surface area contributed by atoms with Crippen LogP contribution in [0.25, 0.3) is 0 Å². The highest BCUT2D eigenvalue weighted by atomic mass is 28.4. The fourth-order valence-corrected chi connectivity index (χ4v) is 3.64. The highest BCUT2D eigenvalue weighted by Gasteiger charge is 2.42. The van der Waals surface area contributed by atoms with Gasteiger partial charge in [-0.1, -0.05) is 81.4 Å². The van der Waals surface area contributed by atoms with Gasteiger partial charge in [-0.3, -0.25) is 0 Å². The van der Waals surface area contributed by atoms with Crippen LogP contribution in [0.3, 0.4) is 0 Å². The van der Waals surface area contributed by atoms with E-state index in [9.17, 15) is 5.11 Å². The van der Waals surface area contributed by atoms with E-state index in [0.717, 1.165) is 11.1 Å². The van der Waals surface area contributed by atoms with E-state index < -0.39 is 20.0 Å². The molecule has 2 aromatic carbocycles. The second kappa shape index (κ2) is 7.42. The first-order chi connectivity index (χ1) is 11.6. The summed E-state index contributed by atoms with van der Waals surface area (Å²) in [4.78, 5) is 0. The van der Waals surface area contributed by atoms with Crippen LogP contribution < -0.4 is 5.73 Å². The highest BCUT2D eigenvalue weighted by Crippen LogP contribution is 2.38. The molecule has 0 spiro atoms. The molecule has 0 aliphatic rings. The predicted molar refractivity (Wildman–Crippen MR) is 107 cm³/mol. The molecule has 0 amide bonds. The first-order valence-electron chi connectivity index (χ1n) is 8.82. The lowest BCUT2D eigenvalue weighted by molar-refractivity contribution is 0.0313. The van der Waals surface area contributed by atoms with Crippen LogP contribution in [0.5, 0.6) is 0 Å². The number of benzene rings is 2. The predicted octanol–water partition coefficient (Wildman–Crippen LogP) is 4.27. The molecule has 0 bridgehead atoms. The molecule has 2 aromatic rings. The molecule has 0 radical (unpaired) electrons. The van der Waals surface area contributed by atoms with Gasteiger partial charge in [0, 0.05) is 0 Å². The van der Waals surface area contributed by atoms with Crippen molar-refractivity contribution in [2.45, 2.75) is 50.5 Å². The van der Waals surface area contributed by atoms with Gasteiger partial charge in [-0.2, -0.15) is 0 Å². The summed E-state index contributed by atoms with van der Waals surface area (Å²) in [6, 6.07) is 18.7. The van der Waals surface area contributed by atoms with Crippen molar-refractivity contribution in [3.63, 3.8) is 0 Å². The van der Waals surface area contributed by atoms with Crippen molar-refractivity contribution in [1.82, 2.24) is 0 Å². The molecule has 0 aliphatic heterocycles. The summed E-state index contributed by atoms with van der Waals surface area (Å²) in [5.41, 5.74) is 6.80. The number of nitrogens with two attached hydrogens (primary N) is 1. The fourth-order valence-electron chi connectivity index (χ4n) is 2.61. The lowest BCUT2D eigenvalue weighted by atomic mass is 9.81. The third kappa shape index (κ3) is 4.21. The standard InChI is InChI=1S/C21H31NO2Si/c1-20(2,3)25(4,5)24-16-19(22)21(23,17-12-8-6-9-13-17)18-14-10-7-11-15-18/h6-15,19,23H,16,22H2,1-5H3/t19-/m1/s1. The highest BCUT2D eigenvalue weighted by molar-refractivity contribution is 6.74. The molecule has 0 saturated heterocycles. The summed E-state index contributed by atoms with van der Waals surface area (Å²) in [5, 5.41) is 11.7. The molecule has 3 nitrogen and oxygen atoms in total. The lowest BCUT2D eigenvalue weighted by Crippen LogP contribution is -2.52. The number of aliphatic hydroxyl groups is 1. The van der Waals surface area contributed by atoms with Crippen LogP contribution in [0.15, 0.2) is 60.7 Å². The summed E-state index contributed by atoms with van der Waals surface area (Å²) in [6.45, 7) is 11.3. The SMILES string of the molecule is CC(C)(C)[Si](C)(C)OC[C@@H](N)C(O)(c1ccccc1)c1ccccc1. The van der Waals surface area contributed by atoms with Gasteiger partial charge in [0.2, 0.25) is 0 Å². The third-order valence-corrected chi connectivity index (χ3v) is 9.90. The monoisotopic (exact) mass is 357 g/mol. The molecule has 3 N–H and O–H groups in total. The Hall–Kier alpha value is -1.46. The zero-order valence-corrected chi connectivity index (χ0v) is 17.0.